The van der Waals surface area contributed by atoms with E-state index in [0.717, 1.165) is 0 Å². The molecule has 0 saturated carbocycles. The minimum Gasteiger partial charge on any atom is -0.350 e. The standard InChI is InChI=1S/C16H20N4O2/c1-4-20-10-12(9-17-20)15(21)19-14-8-6-5-7-13(14)16(22)18-11(2)3/h5-11H,4H2,1-3H3,(H,18,22)(H,19,21). The van der Waals surface area contributed by atoms with Crippen LogP contribution in [0.4, 0.5) is 5.69 Å². The number of aryl methyl sites for hydroxylation is 1. The van der Waals surface area contributed by atoms with Gasteiger partial charge in [-0.05, 0) is 32.9 Å². The first-order chi connectivity index (χ1) is 10.5. The highest BCUT2D eigenvalue weighted by Gasteiger charge is 2.15. The summed E-state index contributed by atoms with van der Waals surface area (Å²) in [6.45, 7) is 6.41. The van der Waals surface area contributed by atoms with Gasteiger partial charge in [0, 0.05) is 18.8 Å². The van der Waals surface area contributed by atoms with Crippen molar-refractivity contribution in [3.05, 3.63) is 47.8 Å². The Bertz CT molecular complexity index is 676. The van der Waals surface area contributed by atoms with Crippen molar-refractivity contribution in [3.63, 3.8) is 0 Å². The number of carbonyl (C=O) groups is 2. The Morgan fingerprint density at radius 1 is 1.23 bits per heavy atom. The summed E-state index contributed by atoms with van der Waals surface area (Å²) in [4.78, 5) is 24.4. The van der Waals surface area contributed by atoms with E-state index in [1.165, 1.54) is 6.20 Å². The lowest BCUT2D eigenvalue weighted by Crippen LogP contribution is -2.31. The summed E-state index contributed by atoms with van der Waals surface area (Å²) in [6.07, 6.45) is 3.18. The number of nitrogens with one attached hydrogen (secondary N) is 2. The molecule has 1 aromatic carbocycles. The van der Waals surface area contributed by atoms with Crippen molar-refractivity contribution in [1.29, 1.82) is 0 Å². The summed E-state index contributed by atoms with van der Waals surface area (Å²) in [6, 6.07) is 6.95. The number of aromatic nitrogens is 2. The number of anilines is 1. The molecule has 1 aromatic heterocycles. The molecule has 116 valence electrons. The van der Waals surface area contributed by atoms with Gasteiger partial charge in [0.15, 0.2) is 0 Å². The monoisotopic (exact) mass is 300 g/mol. The van der Waals surface area contributed by atoms with Crippen LogP contribution in [0.25, 0.3) is 0 Å². The summed E-state index contributed by atoms with van der Waals surface area (Å²) in [5, 5.41) is 9.66. The number of benzene rings is 1. The molecule has 6 nitrogen and oxygen atoms in total. The maximum absolute atomic E-state index is 12.2. The lowest BCUT2D eigenvalue weighted by atomic mass is 10.1. The molecule has 2 amide bonds. The quantitative estimate of drug-likeness (QED) is 0.889. The van der Waals surface area contributed by atoms with Crippen LogP contribution in [0, 0.1) is 0 Å². The van der Waals surface area contributed by atoms with Crippen LogP contribution < -0.4 is 10.6 Å². The molecule has 0 bridgehead atoms. The van der Waals surface area contributed by atoms with Crippen LogP contribution in [0.5, 0.6) is 0 Å². The Balaban J connectivity index is 2.19. The molecule has 0 aliphatic rings. The predicted molar refractivity (Wildman–Crippen MR) is 84.9 cm³/mol. The SMILES string of the molecule is CCn1cc(C(=O)Nc2ccccc2C(=O)NC(C)C)cn1. The van der Waals surface area contributed by atoms with E-state index < -0.39 is 0 Å². The highest BCUT2D eigenvalue weighted by Crippen LogP contribution is 2.16. The summed E-state index contributed by atoms with van der Waals surface area (Å²) in [5.41, 5.74) is 1.38. The normalized spacial score (nSPS) is 10.5. The highest BCUT2D eigenvalue weighted by atomic mass is 16.2. The van der Waals surface area contributed by atoms with Gasteiger partial charge in [0.1, 0.15) is 0 Å². The van der Waals surface area contributed by atoms with E-state index in [-0.39, 0.29) is 17.9 Å². The third-order valence-electron chi connectivity index (χ3n) is 3.06. The van der Waals surface area contributed by atoms with Crippen molar-refractivity contribution in [2.45, 2.75) is 33.4 Å². The fraction of sp³-hybridized carbons (Fsp3) is 0.312. The molecule has 0 spiro atoms. The number of para-hydroxylation sites is 1. The third kappa shape index (κ3) is 3.72. The van der Waals surface area contributed by atoms with Crippen molar-refractivity contribution < 1.29 is 9.59 Å². The molecular weight excluding hydrogens is 280 g/mol. The molecule has 22 heavy (non-hydrogen) atoms. The van der Waals surface area contributed by atoms with Crippen LogP contribution in [0.3, 0.4) is 0 Å². The molecule has 1 heterocycles. The molecular formula is C16H20N4O2. The zero-order valence-corrected chi connectivity index (χ0v) is 13.0. The molecule has 0 aliphatic heterocycles. The van der Waals surface area contributed by atoms with Crippen LogP contribution in [-0.2, 0) is 6.54 Å². The predicted octanol–water partition coefficient (Wildman–Crippen LogP) is 2.29. The maximum Gasteiger partial charge on any atom is 0.258 e. The number of carbonyl (C=O) groups excluding carboxylic acids is 2. The van der Waals surface area contributed by atoms with Crippen LogP contribution >= 0.6 is 0 Å². The summed E-state index contributed by atoms with van der Waals surface area (Å²) >= 11 is 0. The maximum atomic E-state index is 12.2. The number of hydrogen-bond acceptors (Lipinski definition) is 3. The Morgan fingerprint density at radius 3 is 2.59 bits per heavy atom. The van der Waals surface area contributed by atoms with E-state index >= 15 is 0 Å². The Hall–Kier alpha value is -2.63. The van der Waals surface area contributed by atoms with Crippen LogP contribution in [0.2, 0.25) is 0 Å². The van der Waals surface area contributed by atoms with Gasteiger partial charge in [-0.2, -0.15) is 5.10 Å². The van der Waals surface area contributed by atoms with Gasteiger partial charge >= 0.3 is 0 Å². The minimum atomic E-state index is -0.288. The average molecular weight is 300 g/mol. The number of nitrogens with zero attached hydrogens (tertiary/aromatic N) is 2. The molecule has 0 atom stereocenters. The first-order valence-corrected chi connectivity index (χ1v) is 7.25. The van der Waals surface area contributed by atoms with Gasteiger partial charge in [-0.15, -0.1) is 0 Å². The lowest BCUT2D eigenvalue weighted by molar-refractivity contribution is 0.0944. The molecule has 0 radical (unpaired) electrons. The molecule has 6 heteroatoms. The van der Waals surface area contributed by atoms with Gasteiger partial charge in [0.05, 0.1) is 23.0 Å². The number of hydrogen-bond donors (Lipinski definition) is 2. The summed E-state index contributed by atoms with van der Waals surface area (Å²) in [5.74, 6) is -0.500. The Kier molecular flexibility index (Phi) is 4.93. The van der Waals surface area contributed by atoms with E-state index in [9.17, 15) is 9.59 Å². The second-order valence-corrected chi connectivity index (χ2v) is 5.21. The Morgan fingerprint density at radius 2 is 1.95 bits per heavy atom. The number of amides is 2. The van der Waals surface area contributed by atoms with E-state index in [4.69, 9.17) is 0 Å². The lowest BCUT2D eigenvalue weighted by Gasteiger charge is -2.12. The zero-order valence-electron chi connectivity index (χ0n) is 13.0. The molecule has 0 fully saturated rings. The van der Waals surface area contributed by atoms with E-state index in [1.807, 2.05) is 20.8 Å². The summed E-state index contributed by atoms with van der Waals surface area (Å²) in [7, 11) is 0. The van der Waals surface area contributed by atoms with E-state index in [1.54, 1.807) is 35.1 Å². The van der Waals surface area contributed by atoms with E-state index in [2.05, 4.69) is 15.7 Å². The van der Waals surface area contributed by atoms with Gasteiger partial charge in [0.25, 0.3) is 11.8 Å². The van der Waals surface area contributed by atoms with Crippen molar-refractivity contribution >= 4 is 17.5 Å². The van der Waals surface area contributed by atoms with Gasteiger partial charge in [-0.25, -0.2) is 0 Å². The average Bonchev–Trinajstić information content (AvgIpc) is 2.96. The molecule has 2 aromatic rings. The fourth-order valence-electron chi connectivity index (χ4n) is 1.98. The van der Waals surface area contributed by atoms with Crippen LogP contribution in [0.15, 0.2) is 36.7 Å². The molecule has 0 unspecified atom stereocenters. The Labute approximate surface area is 129 Å². The van der Waals surface area contributed by atoms with Gasteiger partial charge in [0.2, 0.25) is 0 Å². The molecule has 2 N–H and O–H groups in total. The van der Waals surface area contributed by atoms with Gasteiger partial charge < -0.3 is 10.6 Å². The minimum absolute atomic E-state index is 0.0269. The second-order valence-electron chi connectivity index (χ2n) is 5.21. The van der Waals surface area contributed by atoms with Crippen molar-refractivity contribution in [2.75, 3.05) is 5.32 Å². The number of rotatable bonds is 5. The second kappa shape index (κ2) is 6.89. The van der Waals surface area contributed by atoms with Crippen LogP contribution in [-0.4, -0.2) is 27.6 Å². The van der Waals surface area contributed by atoms with Crippen molar-refractivity contribution in [3.8, 4) is 0 Å². The first-order valence-electron chi connectivity index (χ1n) is 7.25. The largest absolute Gasteiger partial charge is 0.350 e. The highest BCUT2D eigenvalue weighted by molar-refractivity contribution is 6.08. The van der Waals surface area contributed by atoms with Crippen LogP contribution in [0.1, 0.15) is 41.5 Å². The van der Waals surface area contributed by atoms with Gasteiger partial charge in [-0.3, -0.25) is 14.3 Å². The fourth-order valence-corrected chi connectivity index (χ4v) is 1.98. The van der Waals surface area contributed by atoms with E-state index in [0.29, 0.717) is 23.4 Å². The smallest absolute Gasteiger partial charge is 0.258 e. The zero-order chi connectivity index (χ0) is 16.1. The first kappa shape index (κ1) is 15.8. The molecule has 0 saturated heterocycles. The van der Waals surface area contributed by atoms with Crippen molar-refractivity contribution in [1.82, 2.24) is 15.1 Å². The summed E-state index contributed by atoms with van der Waals surface area (Å²) < 4.78 is 1.67. The van der Waals surface area contributed by atoms with Crippen molar-refractivity contribution in [2.24, 2.45) is 0 Å². The molecule has 0 aliphatic carbocycles. The third-order valence-corrected chi connectivity index (χ3v) is 3.06. The molecule has 2 rings (SSSR count). The topological polar surface area (TPSA) is 76.0 Å². The van der Waals surface area contributed by atoms with Gasteiger partial charge in [-0.1, -0.05) is 12.1 Å².